The summed E-state index contributed by atoms with van der Waals surface area (Å²) in [6.45, 7) is 19.4. The number of esters is 2. The van der Waals surface area contributed by atoms with Crippen LogP contribution >= 0.6 is 0 Å². The van der Waals surface area contributed by atoms with Crippen LogP contribution in [0.1, 0.15) is 97.1 Å². The van der Waals surface area contributed by atoms with Gasteiger partial charge in [0.25, 0.3) is 0 Å². The molecule has 0 heterocycles. The van der Waals surface area contributed by atoms with Crippen LogP contribution in [0.3, 0.4) is 0 Å². The minimum absolute atomic E-state index is 0.208. The molecule has 0 unspecified atom stereocenters. The van der Waals surface area contributed by atoms with Crippen molar-refractivity contribution in [1.82, 2.24) is 0 Å². The van der Waals surface area contributed by atoms with E-state index in [2.05, 4.69) is 0 Å². The predicted molar refractivity (Wildman–Crippen MR) is 151 cm³/mol. The molecule has 38 heavy (non-hydrogen) atoms. The highest BCUT2D eigenvalue weighted by molar-refractivity contribution is 6.07. The molecule has 6 nitrogen and oxygen atoms in total. The van der Waals surface area contributed by atoms with Crippen LogP contribution in [0.4, 0.5) is 0 Å². The molecule has 0 aliphatic heterocycles. The first kappa shape index (κ1) is 30.8. The zero-order valence-electron chi connectivity index (χ0n) is 24.5. The minimum Gasteiger partial charge on any atom is -0.493 e. The molecule has 2 aromatic rings. The van der Waals surface area contributed by atoms with Crippen molar-refractivity contribution in [2.45, 2.75) is 81.1 Å². The second kappa shape index (κ2) is 12.0. The van der Waals surface area contributed by atoms with Gasteiger partial charge in [0.1, 0.15) is 17.2 Å². The van der Waals surface area contributed by atoms with Crippen molar-refractivity contribution >= 4 is 23.8 Å². The van der Waals surface area contributed by atoms with E-state index in [1.54, 1.807) is 57.2 Å². The minimum atomic E-state index is -0.661. The van der Waals surface area contributed by atoms with Gasteiger partial charge < -0.3 is 14.2 Å². The van der Waals surface area contributed by atoms with Crippen LogP contribution in [0.2, 0.25) is 0 Å². The van der Waals surface area contributed by atoms with Crippen LogP contribution in [0, 0.1) is 10.8 Å². The second-order valence-corrected chi connectivity index (χ2v) is 12.5. The average molecular weight is 523 g/mol. The highest BCUT2D eigenvalue weighted by Gasteiger charge is 2.28. The van der Waals surface area contributed by atoms with E-state index in [1.807, 2.05) is 54.5 Å². The van der Waals surface area contributed by atoms with E-state index in [4.69, 9.17) is 14.2 Å². The van der Waals surface area contributed by atoms with E-state index in [0.29, 0.717) is 35.0 Å². The first-order valence-corrected chi connectivity index (χ1v) is 13.0. The molecule has 0 amide bonds. The predicted octanol–water partition coefficient (Wildman–Crippen LogP) is 7.57. The molecule has 206 valence electrons. The number of carbonyl (C=O) groups is 3. The summed E-state index contributed by atoms with van der Waals surface area (Å²) in [6, 6.07) is 10.1. The van der Waals surface area contributed by atoms with Gasteiger partial charge in [-0.3, -0.25) is 14.4 Å². The standard InChI is InChI=1S/C32H42O6/c1-11-18-36-26-20-27(38-29(35)32(8,9)10)24(30(2,3)4)19-22(26)14-17-25(33)21-12-15-23(16-13-21)37-28(34)31(5,6)7/h12-17,19-20H,11,18H2,1-10H3. The molecule has 0 fully saturated rings. The molecular weight excluding hydrogens is 480 g/mol. The van der Waals surface area contributed by atoms with Crippen LogP contribution in [0.25, 0.3) is 6.08 Å². The lowest BCUT2D eigenvalue weighted by Gasteiger charge is -2.26. The first-order valence-electron chi connectivity index (χ1n) is 13.0. The van der Waals surface area contributed by atoms with Gasteiger partial charge >= 0.3 is 11.9 Å². The average Bonchev–Trinajstić information content (AvgIpc) is 2.80. The number of carbonyl (C=O) groups excluding carboxylic acids is 3. The van der Waals surface area contributed by atoms with Gasteiger partial charge in [-0.2, -0.15) is 0 Å². The first-order chi connectivity index (χ1) is 17.4. The Kier molecular flexibility index (Phi) is 9.71. The Hall–Kier alpha value is -3.41. The highest BCUT2D eigenvalue weighted by Crippen LogP contribution is 2.38. The summed E-state index contributed by atoms with van der Waals surface area (Å²) in [5, 5.41) is 0. The van der Waals surface area contributed by atoms with Gasteiger partial charge in [0.2, 0.25) is 0 Å². The van der Waals surface area contributed by atoms with E-state index >= 15 is 0 Å². The van der Waals surface area contributed by atoms with Crippen LogP contribution in [0.5, 0.6) is 17.2 Å². The summed E-state index contributed by atoms with van der Waals surface area (Å²) in [7, 11) is 0. The molecule has 0 atom stereocenters. The Bertz CT molecular complexity index is 1180. The molecular formula is C32H42O6. The number of ether oxygens (including phenoxy) is 3. The van der Waals surface area contributed by atoms with E-state index in [1.165, 1.54) is 6.08 Å². The third-order valence-electron chi connectivity index (χ3n) is 5.57. The van der Waals surface area contributed by atoms with Gasteiger partial charge in [0.15, 0.2) is 5.78 Å². The van der Waals surface area contributed by atoms with Crippen LogP contribution < -0.4 is 14.2 Å². The maximum Gasteiger partial charge on any atom is 0.316 e. The fourth-order valence-corrected chi connectivity index (χ4v) is 3.18. The molecule has 0 spiro atoms. The zero-order chi connectivity index (χ0) is 28.9. The SMILES string of the molecule is CCCOc1cc(OC(=O)C(C)(C)C)c(C(C)(C)C)cc1C=CC(=O)c1ccc(OC(=O)C(C)(C)C)cc1. The smallest absolute Gasteiger partial charge is 0.316 e. The number of benzene rings is 2. The molecule has 0 bridgehead atoms. The highest BCUT2D eigenvalue weighted by atomic mass is 16.5. The van der Waals surface area contributed by atoms with Crippen molar-refractivity contribution < 1.29 is 28.6 Å². The summed E-state index contributed by atoms with van der Waals surface area (Å²) < 4.78 is 17.2. The number of ketones is 1. The van der Waals surface area contributed by atoms with Crippen molar-refractivity contribution in [2.75, 3.05) is 6.61 Å². The molecule has 0 radical (unpaired) electrons. The maximum atomic E-state index is 12.9. The normalized spacial score (nSPS) is 12.4. The zero-order valence-corrected chi connectivity index (χ0v) is 24.5. The Morgan fingerprint density at radius 1 is 0.763 bits per heavy atom. The maximum absolute atomic E-state index is 12.9. The topological polar surface area (TPSA) is 78.9 Å². The van der Waals surface area contributed by atoms with Crippen molar-refractivity contribution in [3.8, 4) is 17.2 Å². The number of allylic oxidation sites excluding steroid dienone is 1. The molecule has 6 heteroatoms. The largest absolute Gasteiger partial charge is 0.493 e. The fraction of sp³-hybridized carbons (Fsp3) is 0.469. The number of hydrogen-bond donors (Lipinski definition) is 0. The number of hydrogen-bond acceptors (Lipinski definition) is 6. The van der Waals surface area contributed by atoms with Crippen molar-refractivity contribution in [2.24, 2.45) is 10.8 Å². The Morgan fingerprint density at radius 2 is 1.32 bits per heavy atom. The second-order valence-electron chi connectivity index (χ2n) is 12.5. The molecule has 0 aliphatic carbocycles. The summed E-state index contributed by atoms with van der Waals surface area (Å²) in [5.74, 6) is 0.482. The summed E-state index contributed by atoms with van der Waals surface area (Å²) >= 11 is 0. The Balaban J connectivity index is 2.40. The van der Waals surface area contributed by atoms with Gasteiger partial charge in [-0.05, 0) is 95.9 Å². The van der Waals surface area contributed by atoms with Gasteiger partial charge in [-0.25, -0.2) is 0 Å². The van der Waals surface area contributed by atoms with Crippen molar-refractivity contribution in [3.63, 3.8) is 0 Å². The van der Waals surface area contributed by atoms with Crippen molar-refractivity contribution in [3.05, 3.63) is 59.2 Å². The lowest BCUT2D eigenvalue weighted by atomic mass is 9.85. The third-order valence-corrected chi connectivity index (χ3v) is 5.57. The Morgan fingerprint density at radius 3 is 1.82 bits per heavy atom. The fourth-order valence-electron chi connectivity index (χ4n) is 3.18. The quantitative estimate of drug-likeness (QED) is 0.154. The van der Waals surface area contributed by atoms with Crippen molar-refractivity contribution in [1.29, 1.82) is 0 Å². The molecule has 0 aromatic heterocycles. The van der Waals surface area contributed by atoms with Gasteiger partial charge in [-0.1, -0.05) is 27.7 Å². The Labute approximate surface area is 227 Å². The van der Waals surface area contributed by atoms with E-state index in [9.17, 15) is 14.4 Å². The van der Waals surface area contributed by atoms with Crippen LogP contribution in [-0.2, 0) is 15.0 Å². The molecule has 2 aromatic carbocycles. The van der Waals surface area contributed by atoms with Crippen LogP contribution in [-0.4, -0.2) is 24.3 Å². The monoisotopic (exact) mass is 522 g/mol. The van der Waals surface area contributed by atoms with Gasteiger partial charge in [-0.15, -0.1) is 0 Å². The summed E-state index contributed by atoms with van der Waals surface area (Å²) in [4.78, 5) is 37.7. The number of rotatable bonds is 8. The summed E-state index contributed by atoms with van der Waals surface area (Å²) in [5.41, 5.74) is 0.384. The molecule has 2 rings (SSSR count). The van der Waals surface area contributed by atoms with E-state index in [-0.39, 0.29) is 23.1 Å². The molecule has 0 aliphatic rings. The van der Waals surface area contributed by atoms with Gasteiger partial charge in [0, 0.05) is 22.8 Å². The van der Waals surface area contributed by atoms with Gasteiger partial charge in [0.05, 0.1) is 17.4 Å². The lowest BCUT2D eigenvalue weighted by Crippen LogP contribution is -2.27. The molecule has 0 saturated heterocycles. The van der Waals surface area contributed by atoms with Crippen LogP contribution in [0.15, 0.2) is 42.5 Å². The summed E-state index contributed by atoms with van der Waals surface area (Å²) in [6.07, 6.45) is 4.00. The molecule has 0 N–H and O–H groups in total. The lowest BCUT2D eigenvalue weighted by molar-refractivity contribution is -0.143. The third kappa shape index (κ3) is 8.57. The van der Waals surface area contributed by atoms with E-state index in [0.717, 1.165) is 12.0 Å². The van der Waals surface area contributed by atoms with E-state index < -0.39 is 10.8 Å². The molecule has 0 saturated carbocycles.